The molecule has 2 amide bonds. The minimum absolute atomic E-state index is 0.0172. The number of amides is 2. The number of hydrogen-bond donors (Lipinski definition) is 0. The van der Waals surface area contributed by atoms with Crippen LogP contribution in [-0.2, 0) is 0 Å². The van der Waals surface area contributed by atoms with Gasteiger partial charge in [0.15, 0.2) is 0 Å². The first-order chi connectivity index (χ1) is 14.3. The minimum Gasteiger partial charge on any atom is -0.545 e. The maximum Gasteiger partial charge on any atom is 0.270 e. The van der Waals surface area contributed by atoms with E-state index in [2.05, 4.69) is 0 Å². The molecule has 0 atom stereocenters. The summed E-state index contributed by atoms with van der Waals surface area (Å²) in [7, 11) is 0. The van der Waals surface area contributed by atoms with Crippen LogP contribution in [0, 0.1) is 10.1 Å². The molecule has 1 aliphatic heterocycles. The number of nitrogens with zero attached hydrogens (tertiary/aromatic N) is 2. The maximum atomic E-state index is 12.6. The Labute approximate surface area is 168 Å². The number of carboxylic acid groups (broad SMARTS) is 1. The molecule has 3 aromatic carbocycles. The largest absolute Gasteiger partial charge is 0.545 e. The number of ether oxygens (including phenoxy) is 1. The van der Waals surface area contributed by atoms with Crippen molar-refractivity contribution in [2.75, 3.05) is 4.90 Å². The molecule has 4 rings (SSSR count). The zero-order valence-corrected chi connectivity index (χ0v) is 15.1. The van der Waals surface area contributed by atoms with Crippen LogP contribution in [0.15, 0.2) is 66.7 Å². The Hall–Kier alpha value is -4.53. The Morgan fingerprint density at radius 2 is 1.40 bits per heavy atom. The van der Waals surface area contributed by atoms with Gasteiger partial charge in [-0.25, -0.2) is 4.90 Å². The summed E-state index contributed by atoms with van der Waals surface area (Å²) in [4.78, 5) is 47.3. The zero-order valence-electron chi connectivity index (χ0n) is 15.1. The summed E-state index contributed by atoms with van der Waals surface area (Å²) in [5, 5.41) is 21.7. The topological polar surface area (TPSA) is 130 Å². The third-order valence-corrected chi connectivity index (χ3v) is 4.50. The molecule has 0 saturated carbocycles. The molecule has 0 N–H and O–H groups in total. The number of carbonyl (C=O) groups is 3. The lowest BCUT2D eigenvalue weighted by Gasteiger charge is -2.14. The van der Waals surface area contributed by atoms with Gasteiger partial charge in [-0.05, 0) is 60.2 Å². The van der Waals surface area contributed by atoms with Gasteiger partial charge in [-0.1, -0.05) is 0 Å². The lowest BCUT2D eigenvalue weighted by Crippen LogP contribution is -2.29. The van der Waals surface area contributed by atoms with E-state index in [1.54, 1.807) is 0 Å². The van der Waals surface area contributed by atoms with E-state index in [0.717, 1.165) is 11.0 Å². The Bertz CT molecular complexity index is 1200. The van der Waals surface area contributed by atoms with E-state index in [1.165, 1.54) is 60.7 Å². The number of nitro benzene ring substituents is 1. The van der Waals surface area contributed by atoms with Crippen molar-refractivity contribution < 1.29 is 29.2 Å². The Balaban J connectivity index is 1.55. The van der Waals surface area contributed by atoms with Gasteiger partial charge in [0, 0.05) is 12.1 Å². The van der Waals surface area contributed by atoms with E-state index >= 15 is 0 Å². The molecule has 30 heavy (non-hydrogen) atoms. The fourth-order valence-electron chi connectivity index (χ4n) is 3.04. The summed E-state index contributed by atoms with van der Waals surface area (Å²) in [6.07, 6.45) is 0. The molecule has 0 radical (unpaired) electrons. The summed E-state index contributed by atoms with van der Waals surface area (Å²) in [6.45, 7) is 0. The smallest absolute Gasteiger partial charge is 0.270 e. The number of aromatic carboxylic acids is 1. The van der Waals surface area contributed by atoms with Gasteiger partial charge in [0.1, 0.15) is 11.5 Å². The van der Waals surface area contributed by atoms with Crippen LogP contribution < -0.4 is 14.7 Å². The van der Waals surface area contributed by atoms with E-state index in [0.29, 0.717) is 11.5 Å². The van der Waals surface area contributed by atoms with E-state index < -0.39 is 22.7 Å². The number of benzene rings is 3. The highest BCUT2D eigenvalue weighted by Crippen LogP contribution is 2.32. The third-order valence-electron chi connectivity index (χ3n) is 4.50. The van der Waals surface area contributed by atoms with Gasteiger partial charge in [-0.3, -0.25) is 19.7 Å². The number of fused-ring (bicyclic) bond motifs is 1. The summed E-state index contributed by atoms with van der Waals surface area (Å²) < 4.78 is 5.61. The van der Waals surface area contributed by atoms with Gasteiger partial charge in [0.2, 0.25) is 0 Å². The van der Waals surface area contributed by atoms with E-state index in [1.807, 2.05) is 0 Å². The predicted molar refractivity (Wildman–Crippen MR) is 102 cm³/mol. The Morgan fingerprint density at radius 1 is 0.833 bits per heavy atom. The fraction of sp³-hybridized carbons (Fsp3) is 0. The Morgan fingerprint density at radius 3 is 1.97 bits per heavy atom. The molecule has 1 heterocycles. The van der Waals surface area contributed by atoms with Crippen LogP contribution in [0.4, 0.5) is 11.4 Å². The van der Waals surface area contributed by atoms with Crippen LogP contribution in [0.25, 0.3) is 0 Å². The normalized spacial score (nSPS) is 12.6. The first-order valence-electron chi connectivity index (χ1n) is 8.62. The van der Waals surface area contributed by atoms with Gasteiger partial charge in [0.05, 0.1) is 27.7 Å². The van der Waals surface area contributed by atoms with Crippen molar-refractivity contribution in [3.8, 4) is 11.5 Å². The van der Waals surface area contributed by atoms with Crippen LogP contribution in [-0.4, -0.2) is 22.7 Å². The van der Waals surface area contributed by atoms with E-state index in [-0.39, 0.29) is 28.1 Å². The number of rotatable bonds is 5. The van der Waals surface area contributed by atoms with Crippen LogP contribution >= 0.6 is 0 Å². The second-order valence-electron chi connectivity index (χ2n) is 6.34. The first-order valence-corrected chi connectivity index (χ1v) is 8.62. The number of hydrogen-bond acceptors (Lipinski definition) is 7. The third kappa shape index (κ3) is 3.24. The molecule has 0 saturated heterocycles. The van der Waals surface area contributed by atoms with Crippen LogP contribution in [0.3, 0.4) is 0 Å². The van der Waals surface area contributed by atoms with Crippen molar-refractivity contribution >= 4 is 29.2 Å². The number of carbonyl (C=O) groups excluding carboxylic acids is 3. The minimum atomic E-state index is -1.29. The lowest BCUT2D eigenvalue weighted by atomic mass is 10.1. The van der Waals surface area contributed by atoms with Gasteiger partial charge in [-0.15, -0.1) is 0 Å². The van der Waals surface area contributed by atoms with E-state index in [9.17, 15) is 29.6 Å². The maximum absolute atomic E-state index is 12.6. The SMILES string of the molecule is O=C([O-])c1ccc(Oc2ccc(N3C(=O)c4ccc([N+](=O)[O-])cc4C3=O)cc2)cc1. The molecule has 0 fully saturated rings. The van der Waals surface area contributed by atoms with Crippen molar-refractivity contribution in [1.82, 2.24) is 0 Å². The molecule has 0 aliphatic carbocycles. The van der Waals surface area contributed by atoms with Crippen LogP contribution in [0.5, 0.6) is 11.5 Å². The molecule has 0 spiro atoms. The Kier molecular flexibility index (Phi) is 4.47. The fourth-order valence-corrected chi connectivity index (χ4v) is 3.04. The van der Waals surface area contributed by atoms with Gasteiger partial charge in [0.25, 0.3) is 17.5 Å². The monoisotopic (exact) mass is 403 g/mol. The molecule has 148 valence electrons. The number of imide groups is 1. The molecular weight excluding hydrogens is 392 g/mol. The zero-order chi connectivity index (χ0) is 21.4. The van der Waals surface area contributed by atoms with Crippen LogP contribution in [0.2, 0.25) is 0 Å². The molecule has 0 aromatic heterocycles. The van der Waals surface area contributed by atoms with Crippen molar-refractivity contribution in [3.05, 3.63) is 93.5 Å². The van der Waals surface area contributed by atoms with Crippen molar-refractivity contribution in [3.63, 3.8) is 0 Å². The lowest BCUT2D eigenvalue weighted by molar-refractivity contribution is -0.384. The highest BCUT2D eigenvalue weighted by molar-refractivity contribution is 6.34. The predicted octanol–water partition coefficient (Wildman–Crippen LogP) is 2.55. The van der Waals surface area contributed by atoms with Gasteiger partial charge in [-0.2, -0.15) is 0 Å². The highest BCUT2D eigenvalue weighted by atomic mass is 16.6. The van der Waals surface area contributed by atoms with Crippen molar-refractivity contribution in [2.45, 2.75) is 0 Å². The molecule has 3 aromatic rings. The molecule has 9 nitrogen and oxygen atoms in total. The second-order valence-corrected chi connectivity index (χ2v) is 6.34. The summed E-state index contributed by atoms with van der Waals surface area (Å²) in [5.74, 6) is -1.73. The number of anilines is 1. The van der Waals surface area contributed by atoms with E-state index in [4.69, 9.17) is 4.74 Å². The number of nitro groups is 1. The van der Waals surface area contributed by atoms with Gasteiger partial charge < -0.3 is 14.6 Å². The van der Waals surface area contributed by atoms with Crippen LogP contribution in [0.1, 0.15) is 31.1 Å². The highest BCUT2D eigenvalue weighted by Gasteiger charge is 2.37. The molecule has 1 aliphatic rings. The number of carboxylic acids is 1. The molecular formula is C21H11N2O7-. The summed E-state index contributed by atoms with van der Waals surface area (Å²) in [5.41, 5.74) is 0.0960. The van der Waals surface area contributed by atoms with Crippen molar-refractivity contribution in [2.24, 2.45) is 0 Å². The van der Waals surface area contributed by atoms with Gasteiger partial charge >= 0.3 is 0 Å². The standard InChI is InChI=1S/C21H12N2O7/c24-19-17-10-5-14(23(28)29)11-18(17)20(25)22(19)13-3-8-16(9-4-13)30-15-6-1-12(2-7-15)21(26)27/h1-11H,(H,26,27)/p-1. The quantitative estimate of drug-likeness (QED) is 0.363. The molecule has 0 unspecified atom stereocenters. The second kappa shape index (κ2) is 7.13. The average molecular weight is 403 g/mol. The number of non-ortho nitro benzene ring substituents is 1. The average Bonchev–Trinajstić information content (AvgIpc) is 2.99. The molecule has 0 bridgehead atoms. The first kappa shape index (κ1) is 18.8. The van der Waals surface area contributed by atoms with Crippen molar-refractivity contribution in [1.29, 1.82) is 0 Å². The summed E-state index contributed by atoms with van der Waals surface area (Å²) in [6, 6.07) is 15.2. The molecule has 9 heteroatoms. The summed E-state index contributed by atoms with van der Waals surface area (Å²) >= 11 is 0.